The molecule has 4 heterocycles. The first-order chi connectivity index (χ1) is 58.9. The van der Waals surface area contributed by atoms with E-state index in [1.165, 1.54) is 127 Å². The van der Waals surface area contributed by atoms with E-state index in [9.17, 15) is 19.2 Å². The lowest BCUT2D eigenvalue weighted by Crippen LogP contribution is -2.27. The number of ether oxygens (including phenoxy) is 4. The highest BCUT2D eigenvalue weighted by Crippen LogP contribution is 2.61. The van der Waals surface area contributed by atoms with Gasteiger partial charge >= 0.3 is 0 Å². The molecule has 4 fully saturated rings. The molecule has 0 aliphatic carbocycles. The summed E-state index contributed by atoms with van der Waals surface area (Å²) in [6.45, 7) is 8.27. The second-order valence-corrected chi connectivity index (χ2v) is 41.9. The summed E-state index contributed by atoms with van der Waals surface area (Å²) in [6, 6.07) is 97.3. The average molecular weight is 1790 g/mol. The van der Waals surface area contributed by atoms with Crippen molar-refractivity contribution in [3.63, 3.8) is 0 Å². The van der Waals surface area contributed by atoms with Crippen LogP contribution in [-0.4, -0.2) is 109 Å². The van der Waals surface area contributed by atoms with Crippen LogP contribution in [0.25, 0.3) is 0 Å². The fourth-order valence-corrected chi connectivity index (χ4v) is 28.5. The third-order valence-electron chi connectivity index (χ3n) is 21.1. The zero-order valence-corrected chi connectivity index (χ0v) is 78.1. The van der Waals surface area contributed by atoms with Crippen LogP contribution in [0.15, 0.2) is 291 Å². The number of carbonyl (C=O) groups is 4. The van der Waals surface area contributed by atoms with Crippen LogP contribution in [0.3, 0.4) is 0 Å². The minimum atomic E-state index is -0.124. The number of methoxy groups -OCH3 is 4. The maximum absolute atomic E-state index is 12.7. The molecule has 0 amide bonds. The van der Waals surface area contributed by atoms with Crippen molar-refractivity contribution < 1.29 is 38.1 Å². The topological polar surface area (TPSA) is 105 Å². The first kappa shape index (κ1) is 92.2. The highest BCUT2D eigenvalue weighted by Gasteiger charge is 2.44. The van der Waals surface area contributed by atoms with Gasteiger partial charge < -0.3 is 18.9 Å². The number of ketones is 4. The quantitative estimate of drug-likeness (QED) is 0.0496. The predicted octanol–water partition coefficient (Wildman–Crippen LogP) is 26.5. The Kier molecular flexibility index (Phi) is 34.3. The Balaban J connectivity index is 0.000000146. The Labute approximate surface area is 761 Å². The van der Waals surface area contributed by atoms with Gasteiger partial charge in [-0.15, -0.1) is 94.1 Å². The molecule has 18 heteroatoms. The maximum atomic E-state index is 12.7. The van der Waals surface area contributed by atoms with Crippen molar-refractivity contribution >= 4 is 142 Å². The van der Waals surface area contributed by atoms with E-state index in [0.29, 0.717) is 56.0 Å². The van der Waals surface area contributed by atoms with Gasteiger partial charge in [-0.25, -0.2) is 0 Å². The second-order valence-electron chi connectivity index (χ2n) is 29.5. The molecule has 121 heavy (non-hydrogen) atoms. The molecular formula is C103H104O8S10. The SMILES string of the molecule is COc1ccc(C(=O)c2ccc(C(=O)c3ccc(C)cc3)cc2)cc1.COc1ccc(C(=O)c2cccc(C(=O)c3cccc(C)c3)c2)cc1.COc1ccc(C2(c3ccc(C4(c5ccc(C)cc5)SCCCS4)cc3)SCCCS2)cc1.COc1ccc(C2(c3cccc(C4(c5ccc(C)cc5)SCCCS4)c3)SCCCS2)cc1.SCCCS. The molecule has 0 atom stereocenters. The largest absolute Gasteiger partial charge is 0.497 e. The van der Waals surface area contributed by atoms with Crippen LogP contribution >= 0.6 is 119 Å². The lowest BCUT2D eigenvalue weighted by atomic mass is 9.97. The van der Waals surface area contributed by atoms with Crippen molar-refractivity contribution in [2.24, 2.45) is 0 Å². The Hall–Kier alpha value is -7.98. The highest BCUT2D eigenvalue weighted by molar-refractivity contribution is 8.19. The zero-order chi connectivity index (χ0) is 85.2. The summed E-state index contributed by atoms with van der Waals surface area (Å²) in [5.41, 5.74) is 20.5. The normalized spacial score (nSPS) is 15.4. The maximum Gasteiger partial charge on any atom is 0.193 e. The number of carbonyl (C=O) groups excluding carboxylic acids is 4. The lowest BCUT2D eigenvalue weighted by Gasteiger charge is -2.40. The van der Waals surface area contributed by atoms with Gasteiger partial charge in [0.05, 0.1) is 28.4 Å². The fourth-order valence-electron chi connectivity index (χ4n) is 14.4. The molecule has 4 saturated heterocycles. The predicted molar refractivity (Wildman–Crippen MR) is 530 cm³/mol. The lowest BCUT2D eigenvalue weighted by molar-refractivity contribution is 0.102. The highest BCUT2D eigenvalue weighted by atomic mass is 32.2. The van der Waals surface area contributed by atoms with Crippen molar-refractivity contribution in [3.8, 4) is 23.0 Å². The Morgan fingerprint density at radius 2 is 0.463 bits per heavy atom. The molecular weight excluding hydrogens is 1690 g/mol. The first-order valence-electron chi connectivity index (χ1n) is 40.7. The van der Waals surface area contributed by atoms with Gasteiger partial charge in [0.1, 0.15) is 39.3 Å². The van der Waals surface area contributed by atoms with E-state index in [2.05, 4.69) is 279 Å². The second kappa shape index (κ2) is 45.1. The van der Waals surface area contributed by atoms with E-state index in [-0.39, 0.29) is 39.4 Å². The van der Waals surface area contributed by atoms with Gasteiger partial charge in [-0.05, 0) is 247 Å². The molecule has 0 aromatic heterocycles. The van der Waals surface area contributed by atoms with Gasteiger partial charge in [-0.1, -0.05) is 229 Å². The summed E-state index contributed by atoms with van der Waals surface area (Å²) >= 11 is 24.7. The standard InChI is InChI=1S/2C28H30OS4.2C22H18O3.C3H8S2/c1-21-5-7-22(8-6-21)27(30-17-3-18-31-27)23-9-11-24(12-10-23)28(32-19-4-20-33-28)25-13-15-26(29-2)16-14-25;1-21-8-10-22(11-9-21)27(30-16-4-17-31-27)24-6-3-7-25(20-24)28(32-18-5-19-33-28)23-12-14-26(29-2)15-13-23;1-15-3-5-16(6-4-15)21(23)17-7-9-18(10-8-17)22(24)19-11-13-20(25-2)14-12-19;1-15-5-3-6-17(13-15)22(24)19-8-4-7-18(14-19)21(23)16-9-11-20(25-2)12-10-16;4-2-1-3-5/h5-16H,3-4,17-20H2,1-2H3;3,6-15,20H,4-5,16-19H2,1-2H3;2*3-14H,1-2H3;4-5H,1-3H2. The molecule has 0 unspecified atom stereocenters. The molecule has 12 aromatic carbocycles. The number of hydrogen-bond acceptors (Lipinski definition) is 18. The molecule has 12 aromatic rings. The minimum absolute atomic E-state index is 0.00932. The fraction of sp³-hybridized carbons (Fsp3) is 0.262. The molecule has 4 aliphatic heterocycles. The van der Waals surface area contributed by atoms with E-state index in [0.717, 1.165) is 40.6 Å². The molecule has 0 radical (unpaired) electrons. The van der Waals surface area contributed by atoms with Crippen molar-refractivity contribution in [3.05, 3.63) is 402 Å². The van der Waals surface area contributed by atoms with Crippen LogP contribution < -0.4 is 18.9 Å². The summed E-state index contributed by atoms with van der Waals surface area (Å²) in [5, 5.41) is 0. The molecule has 4 aliphatic rings. The van der Waals surface area contributed by atoms with Gasteiger partial charge in [0.25, 0.3) is 0 Å². The van der Waals surface area contributed by atoms with E-state index >= 15 is 0 Å². The monoisotopic (exact) mass is 1790 g/mol. The van der Waals surface area contributed by atoms with Crippen molar-refractivity contribution in [2.45, 2.75) is 76.1 Å². The smallest absolute Gasteiger partial charge is 0.193 e. The minimum Gasteiger partial charge on any atom is -0.497 e. The summed E-state index contributed by atoms with van der Waals surface area (Å²) in [7, 11) is 6.64. The number of benzene rings is 12. The van der Waals surface area contributed by atoms with Crippen molar-refractivity contribution in [1.82, 2.24) is 0 Å². The molecule has 16 rings (SSSR count). The summed E-state index contributed by atoms with van der Waals surface area (Å²) < 4.78 is 20.9. The number of hydrogen-bond donors (Lipinski definition) is 2. The Morgan fingerprint density at radius 3 is 0.744 bits per heavy atom. The van der Waals surface area contributed by atoms with Crippen molar-refractivity contribution in [1.29, 1.82) is 0 Å². The summed E-state index contributed by atoms with van der Waals surface area (Å²) in [5.74, 6) is 14.4. The average Bonchev–Trinajstić information content (AvgIpc) is 0.748. The summed E-state index contributed by atoms with van der Waals surface area (Å²) in [4.78, 5) is 50.3. The molecule has 0 bridgehead atoms. The molecule has 8 nitrogen and oxygen atoms in total. The van der Waals surface area contributed by atoms with Crippen LogP contribution in [-0.2, 0) is 16.3 Å². The van der Waals surface area contributed by atoms with E-state index in [4.69, 9.17) is 18.9 Å². The zero-order valence-electron chi connectivity index (χ0n) is 69.7. The number of aryl methyl sites for hydroxylation is 4. The first-order valence-corrected chi connectivity index (χ1v) is 49.8. The van der Waals surface area contributed by atoms with Crippen LogP contribution in [0, 0.1) is 27.7 Å². The molecule has 0 spiro atoms. The van der Waals surface area contributed by atoms with Crippen LogP contribution in [0.1, 0.15) is 163 Å². The number of thioether (sulfide) groups is 8. The third kappa shape index (κ3) is 23.1. The van der Waals surface area contributed by atoms with E-state index < -0.39 is 0 Å². The van der Waals surface area contributed by atoms with Gasteiger partial charge in [0.2, 0.25) is 0 Å². The van der Waals surface area contributed by atoms with Crippen LogP contribution in [0.4, 0.5) is 0 Å². The Bertz CT molecular complexity index is 5330. The third-order valence-corrected chi connectivity index (χ3v) is 35.5. The van der Waals surface area contributed by atoms with E-state index in [1.807, 2.05) is 56.3 Å². The van der Waals surface area contributed by atoms with E-state index in [1.54, 1.807) is 132 Å². The van der Waals surface area contributed by atoms with Gasteiger partial charge in [-0.3, -0.25) is 19.2 Å². The van der Waals surface area contributed by atoms with Gasteiger partial charge in [0.15, 0.2) is 23.1 Å². The number of rotatable bonds is 22. The molecule has 0 saturated carbocycles. The molecule has 624 valence electrons. The summed E-state index contributed by atoms with van der Waals surface area (Å²) in [6.07, 6.45) is 6.23. The van der Waals surface area contributed by atoms with Crippen LogP contribution in [0.5, 0.6) is 23.0 Å². The van der Waals surface area contributed by atoms with Gasteiger partial charge in [0, 0.05) is 44.5 Å². The molecule has 0 N–H and O–H groups in total. The van der Waals surface area contributed by atoms with Crippen molar-refractivity contribution in [2.75, 3.05) is 86.0 Å². The van der Waals surface area contributed by atoms with Crippen LogP contribution in [0.2, 0.25) is 0 Å². The van der Waals surface area contributed by atoms with Gasteiger partial charge in [-0.2, -0.15) is 25.3 Å². The number of thiol groups is 2. The Morgan fingerprint density at radius 1 is 0.248 bits per heavy atom.